The summed E-state index contributed by atoms with van der Waals surface area (Å²) in [5, 5.41) is 2.51. The van der Waals surface area contributed by atoms with Crippen LogP contribution in [-0.4, -0.2) is 59.5 Å². The number of carbonyl (C=O) groups excluding carboxylic acids is 1. The predicted molar refractivity (Wildman–Crippen MR) is 189 cm³/mol. The van der Waals surface area contributed by atoms with Gasteiger partial charge < -0.3 is 14.4 Å². The van der Waals surface area contributed by atoms with Crippen LogP contribution in [0.2, 0.25) is 0 Å². The summed E-state index contributed by atoms with van der Waals surface area (Å²) < 4.78 is 2.28. The van der Waals surface area contributed by atoms with Crippen molar-refractivity contribution in [3.63, 3.8) is 0 Å². The average molecular weight is 605 g/mol. The molecule has 0 radical (unpaired) electrons. The molecule has 0 unspecified atom stereocenters. The summed E-state index contributed by atoms with van der Waals surface area (Å²) in [6.45, 7) is 5.59. The molecule has 2 atom stereocenters. The first kappa shape index (κ1) is 28.6. The van der Waals surface area contributed by atoms with Crippen LogP contribution in [0, 0.1) is 0 Å². The van der Waals surface area contributed by atoms with E-state index in [2.05, 4.69) is 142 Å². The standard InChI is InChI=1S/C41H40N4O/c1-42-38-19-11-10-17-34(38)36-28-31(20-21-39(36)42)40-37(29-43-24-26-44(27-25-43)32-14-6-3-7-15-32)33-16-8-9-18-35(33)41(46)45(40)23-22-30-12-4-2-5-13-30/h2-21,28,37,40H,22-27,29H2,1H3/t37-,40+/m0/s1. The number of piperazine rings is 1. The van der Waals surface area contributed by atoms with Gasteiger partial charge in [0.15, 0.2) is 0 Å². The van der Waals surface area contributed by atoms with Gasteiger partial charge in [-0.05, 0) is 59.5 Å². The van der Waals surface area contributed by atoms with Crippen molar-refractivity contribution >= 4 is 33.4 Å². The van der Waals surface area contributed by atoms with Gasteiger partial charge in [-0.25, -0.2) is 0 Å². The quantitative estimate of drug-likeness (QED) is 0.187. The molecular formula is C41H40N4O. The van der Waals surface area contributed by atoms with Crippen molar-refractivity contribution in [1.82, 2.24) is 14.4 Å². The van der Waals surface area contributed by atoms with Crippen LogP contribution in [0.1, 0.15) is 39.0 Å². The zero-order valence-corrected chi connectivity index (χ0v) is 26.4. The summed E-state index contributed by atoms with van der Waals surface area (Å²) in [7, 11) is 2.15. The van der Waals surface area contributed by atoms with Crippen LogP contribution in [0.4, 0.5) is 5.69 Å². The van der Waals surface area contributed by atoms with E-state index in [0.717, 1.165) is 44.7 Å². The van der Waals surface area contributed by atoms with E-state index in [-0.39, 0.29) is 17.9 Å². The monoisotopic (exact) mass is 604 g/mol. The Bertz CT molecular complexity index is 1990. The van der Waals surface area contributed by atoms with Gasteiger partial charge in [0.2, 0.25) is 0 Å². The minimum atomic E-state index is -0.0679. The molecule has 1 fully saturated rings. The second-order valence-corrected chi connectivity index (χ2v) is 12.8. The zero-order valence-electron chi connectivity index (χ0n) is 26.4. The Hall–Kier alpha value is -4.87. The number of amides is 1. The SMILES string of the molecule is Cn1c2ccccc2c2cc([C@@H]3[C@@H](CN4CCN(c5ccccc5)CC4)c4ccccc4C(=O)N3CCc3ccccc3)ccc21. The maximum Gasteiger partial charge on any atom is 0.254 e. The molecule has 0 aliphatic carbocycles. The Morgan fingerprint density at radius 1 is 0.674 bits per heavy atom. The van der Waals surface area contributed by atoms with Gasteiger partial charge in [-0.2, -0.15) is 0 Å². The number of fused-ring (bicyclic) bond motifs is 4. The first-order valence-electron chi connectivity index (χ1n) is 16.6. The highest BCUT2D eigenvalue weighted by atomic mass is 16.2. The number of hydrogen-bond acceptors (Lipinski definition) is 3. The molecule has 0 spiro atoms. The zero-order chi connectivity index (χ0) is 31.0. The minimum Gasteiger partial charge on any atom is -0.369 e. The molecule has 6 aromatic rings. The predicted octanol–water partition coefficient (Wildman–Crippen LogP) is 7.68. The number of carbonyl (C=O) groups is 1. The molecule has 8 rings (SSSR count). The van der Waals surface area contributed by atoms with Gasteiger partial charge in [-0.15, -0.1) is 0 Å². The van der Waals surface area contributed by atoms with E-state index in [1.807, 2.05) is 12.1 Å². The number of benzene rings is 5. The molecule has 2 aliphatic heterocycles. The topological polar surface area (TPSA) is 31.7 Å². The van der Waals surface area contributed by atoms with Gasteiger partial charge in [0.05, 0.1) is 6.04 Å². The van der Waals surface area contributed by atoms with Crippen molar-refractivity contribution in [3.8, 4) is 0 Å². The van der Waals surface area contributed by atoms with Crippen LogP contribution < -0.4 is 4.90 Å². The third-order valence-corrected chi connectivity index (χ3v) is 10.3. The van der Waals surface area contributed by atoms with Crippen molar-refractivity contribution in [3.05, 3.63) is 150 Å². The van der Waals surface area contributed by atoms with Gasteiger partial charge in [-0.1, -0.05) is 91.0 Å². The van der Waals surface area contributed by atoms with Crippen LogP contribution in [0.25, 0.3) is 21.8 Å². The fourth-order valence-electron chi connectivity index (χ4n) is 7.90. The van der Waals surface area contributed by atoms with Crippen LogP contribution in [0.5, 0.6) is 0 Å². The van der Waals surface area contributed by atoms with Gasteiger partial charge in [-0.3, -0.25) is 9.69 Å². The van der Waals surface area contributed by atoms with E-state index in [0.29, 0.717) is 6.54 Å². The van der Waals surface area contributed by atoms with E-state index in [4.69, 9.17) is 0 Å². The molecule has 0 bridgehead atoms. The molecule has 3 heterocycles. The smallest absolute Gasteiger partial charge is 0.254 e. The summed E-state index contributed by atoms with van der Waals surface area (Å²) in [4.78, 5) is 21.7. The lowest BCUT2D eigenvalue weighted by molar-refractivity contribution is 0.0579. The molecule has 1 saturated heterocycles. The Morgan fingerprint density at radius 3 is 2.15 bits per heavy atom. The minimum absolute atomic E-state index is 0.0679. The van der Waals surface area contributed by atoms with Crippen LogP contribution >= 0.6 is 0 Å². The Balaban J connectivity index is 1.19. The summed E-state index contributed by atoms with van der Waals surface area (Å²) in [6.07, 6.45) is 0.824. The number of nitrogens with zero attached hydrogens (tertiary/aromatic N) is 4. The average Bonchev–Trinajstić information content (AvgIpc) is 3.40. The number of aromatic nitrogens is 1. The molecule has 5 nitrogen and oxygen atoms in total. The van der Waals surface area contributed by atoms with Crippen molar-refractivity contribution in [2.45, 2.75) is 18.4 Å². The molecule has 5 aromatic carbocycles. The molecule has 0 N–H and O–H groups in total. The normalized spacial score (nSPS) is 18.8. The van der Waals surface area contributed by atoms with E-state index in [1.54, 1.807) is 0 Å². The van der Waals surface area contributed by atoms with E-state index < -0.39 is 0 Å². The number of aryl methyl sites for hydroxylation is 1. The molecule has 0 saturated carbocycles. The second-order valence-electron chi connectivity index (χ2n) is 12.8. The lowest BCUT2D eigenvalue weighted by Crippen LogP contribution is -2.51. The van der Waals surface area contributed by atoms with Crippen LogP contribution in [0.15, 0.2) is 127 Å². The van der Waals surface area contributed by atoms with E-state index in [9.17, 15) is 4.79 Å². The van der Waals surface area contributed by atoms with Crippen molar-refractivity contribution in [2.75, 3.05) is 44.2 Å². The molecule has 1 amide bonds. The maximum atomic E-state index is 14.4. The highest BCUT2D eigenvalue weighted by molar-refractivity contribution is 6.08. The van der Waals surface area contributed by atoms with Gasteiger partial charge in [0.1, 0.15) is 0 Å². The Morgan fingerprint density at radius 2 is 1.35 bits per heavy atom. The van der Waals surface area contributed by atoms with Crippen molar-refractivity contribution < 1.29 is 4.79 Å². The fraction of sp³-hybridized carbons (Fsp3) is 0.244. The summed E-state index contributed by atoms with van der Waals surface area (Å²) >= 11 is 0. The number of anilines is 1. The number of hydrogen-bond donors (Lipinski definition) is 0. The van der Waals surface area contributed by atoms with Gasteiger partial charge in [0.25, 0.3) is 5.91 Å². The molecule has 5 heteroatoms. The Kier molecular flexibility index (Phi) is 7.55. The number of para-hydroxylation sites is 2. The first-order chi connectivity index (χ1) is 22.7. The molecule has 46 heavy (non-hydrogen) atoms. The van der Waals surface area contributed by atoms with Gasteiger partial charge in [0, 0.05) is 85.3 Å². The molecular weight excluding hydrogens is 564 g/mol. The van der Waals surface area contributed by atoms with E-state index >= 15 is 0 Å². The second kappa shape index (κ2) is 12.1. The fourth-order valence-corrected chi connectivity index (χ4v) is 7.90. The third kappa shape index (κ3) is 5.15. The Labute approximate surface area is 271 Å². The largest absolute Gasteiger partial charge is 0.369 e. The van der Waals surface area contributed by atoms with Gasteiger partial charge >= 0.3 is 0 Å². The molecule has 230 valence electrons. The number of rotatable bonds is 7. The van der Waals surface area contributed by atoms with Crippen LogP contribution in [-0.2, 0) is 13.5 Å². The first-order valence-corrected chi connectivity index (χ1v) is 16.6. The van der Waals surface area contributed by atoms with Crippen LogP contribution in [0.3, 0.4) is 0 Å². The highest BCUT2D eigenvalue weighted by Crippen LogP contribution is 2.44. The summed E-state index contributed by atoms with van der Waals surface area (Å²) in [5.74, 6) is 0.292. The van der Waals surface area contributed by atoms with E-state index in [1.165, 1.54) is 44.2 Å². The lowest BCUT2D eigenvalue weighted by atomic mass is 9.79. The highest BCUT2D eigenvalue weighted by Gasteiger charge is 2.41. The summed E-state index contributed by atoms with van der Waals surface area (Å²) in [5.41, 5.74) is 8.25. The van der Waals surface area contributed by atoms with Crippen molar-refractivity contribution in [2.24, 2.45) is 7.05 Å². The summed E-state index contributed by atoms with van der Waals surface area (Å²) in [6, 6.07) is 45.2. The molecule has 1 aromatic heterocycles. The maximum absolute atomic E-state index is 14.4. The lowest BCUT2D eigenvalue weighted by Gasteiger charge is -2.45. The van der Waals surface area contributed by atoms with Crippen molar-refractivity contribution in [1.29, 1.82) is 0 Å². The third-order valence-electron chi connectivity index (χ3n) is 10.3. The molecule has 2 aliphatic rings.